The van der Waals surface area contributed by atoms with Gasteiger partial charge in [-0.2, -0.15) is 0 Å². The van der Waals surface area contributed by atoms with Crippen LogP contribution in [0.15, 0.2) is 29.2 Å². The third kappa shape index (κ3) is 2.86. The zero-order chi connectivity index (χ0) is 14.8. The molecule has 1 aliphatic heterocycles. The summed E-state index contributed by atoms with van der Waals surface area (Å²) in [6, 6.07) is 6.49. The standard InChI is InChI=1S/C14H19NO4S/c1-11-7-9-12(10-8-11)20(17,18)15-13(16)5-3-4-6-14(15)19-2/h7-10,14H,3-6H2,1-2H3. The molecule has 0 saturated carbocycles. The molecule has 1 saturated heterocycles. The molecule has 0 bridgehead atoms. The van der Waals surface area contributed by atoms with E-state index in [1.165, 1.54) is 19.2 Å². The lowest BCUT2D eigenvalue weighted by molar-refractivity contribution is -0.133. The van der Waals surface area contributed by atoms with Crippen LogP contribution in [0.3, 0.4) is 0 Å². The van der Waals surface area contributed by atoms with Gasteiger partial charge in [0.15, 0.2) is 0 Å². The molecule has 1 aromatic rings. The number of carbonyl (C=O) groups excluding carboxylic acids is 1. The van der Waals surface area contributed by atoms with E-state index in [1.807, 2.05) is 6.92 Å². The summed E-state index contributed by atoms with van der Waals surface area (Å²) in [5.74, 6) is -0.394. The monoisotopic (exact) mass is 297 g/mol. The van der Waals surface area contributed by atoms with Gasteiger partial charge < -0.3 is 4.74 Å². The lowest BCUT2D eigenvalue weighted by atomic mass is 10.2. The van der Waals surface area contributed by atoms with Crippen LogP contribution >= 0.6 is 0 Å². The summed E-state index contributed by atoms with van der Waals surface area (Å²) in [6.07, 6.45) is 1.54. The maximum absolute atomic E-state index is 12.7. The molecule has 5 nitrogen and oxygen atoms in total. The van der Waals surface area contributed by atoms with Crippen molar-refractivity contribution in [1.29, 1.82) is 0 Å². The van der Waals surface area contributed by atoms with Gasteiger partial charge in [-0.15, -0.1) is 0 Å². The molecule has 20 heavy (non-hydrogen) atoms. The SMILES string of the molecule is COC1CCCCC(=O)N1S(=O)(=O)c1ccc(C)cc1. The molecule has 1 atom stereocenters. The molecule has 1 unspecified atom stereocenters. The van der Waals surface area contributed by atoms with Gasteiger partial charge in [-0.1, -0.05) is 17.7 Å². The maximum atomic E-state index is 12.7. The highest BCUT2D eigenvalue weighted by molar-refractivity contribution is 7.89. The first-order valence-corrected chi connectivity index (χ1v) is 8.07. The third-order valence-corrected chi connectivity index (χ3v) is 5.27. The largest absolute Gasteiger partial charge is 0.360 e. The lowest BCUT2D eigenvalue weighted by Gasteiger charge is -2.28. The van der Waals surface area contributed by atoms with Gasteiger partial charge in [0, 0.05) is 13.5 Å². The number of hydrogen-bond donors (Lipinski definition) is 0. The van der Waals surface area contributed by atoms with E-state index < -0.39 is 22.2 Å². The zero-order valence-electron chi connectivity index (χ0n) is 11.7. The van der Waals surface area contributed by atoms with Crippen LogP contribution in [0.5, 0.6) is 0 Å². The molecule has 0 aliphatic carbocycles. The number of carbonyl (C=O) groups is 1. The Balaban J connectivity index is 2.43. The fraction of sp³-hybridized carbons (Fsp3) is 0.500. The van der Waals surface area contributed by atoms with Crippen molar-refractivity contribution in [3.63, 3.8) is 0 Å². The van der Waals surface area contributed by atoms with E-state index in [2.05, 4.69) is 0 Å². The molecular formula is C14H19NO4S. The van der Waals surface area contributed by atoms with Crippen LogP contribution in [-0.4, -0.2) is 32.0 Å². The van der Waals surface area contributed by atoms with Crippen molar-refractivity contribution in [3.8, 4) is 0 Å². The van der Waals surface area contributed by atoms with E-state index in [0.29, 0.717) is 12.8 Å². The van der Waals surface area contributed by atoms with Crippen LogP contribution in [-0.2, 0) is 19.6 Å². The quantitative estimate of drug-likeness (QED) is 0.856. The number of rotatable bonds is 3. The number of hydrogen-bond acceptors (Lipinski definition) is 4. The average Bonchev–Trinajstić information content (AvgIpc) is 2.60. The van der Waals surface area contributed by atoms with Gasteiger partial charge in [0.1, 0.15) is 6.23 Å². The lowest BCUT2D eigenvalue weighted by Crippen LogP contribution is -2.44. The first kappa shape index (κ1) is 15.0. The molecule has 0 N–H and O–H groups in total. The highest BCUT2D eigenvalue weighted by Gasteiger charge is 2.36. The van der Waals surface area contributed by atoms with Crippen LogP contribution in [0.4, 0.5) is 0 Å². The summed E-state index contributed by atoms with van der Waals surface area (Å²) in [4.78, 5) is 12.3. The molecular weight excluding hydrogens is 278 g/mol. The van der Waals surface area contributed by atoms with Crippen molar-refractivity contribution in [2.24, 2.45) is 0 Å². The Hall–Kier alpha value is -1.40. The predicted molar refractivity (Wildman–Crippen MR) is 74.5 cm³/mol. The van der Waals surface area contributed by atoms with Gasteiger partial charge >= 0.3 is 0 Å². The summed E-state index contributed by atoms with van der Waals surface area (Å²) in [7, 11) is -2.42. The van der Waals surface area contributed by atoms with Crippen LogP contribution < -0.4 is 0 Å². The summed E-state index contributed by atoms with van der Waals surface area (Å²) < 4.78 is 31.4. The smallest absolute Gasteiger partial charge is 0.268 e. The van der Waals surface area contributed by atoms with Gasteiger partial charge in [-0.05, 0) is 38.3 Å². The van der Waals surface area contributed by atoms with Crippen molar-refractivity contribution in [2.45, 2.75) is 43.7 Å². The highest BCUT2D eigenvalue weighted by atomic mass is 32.2. The second-order valence-corrected chi connectivity index (χ2v) is 6.76. The molecule has 6 heteroatoms. The maximum Gasteiger partial charge on any atom is 0.268 e. The van der Waals surface area contributed by atoms with Crippen LogP contribution in [0.25, 0.3) is 0 Å². The Kier molecular flexibility index (Phi) is 4.45. The van der Waals surface area contributed by atoms with E-state index in [4.69, 9.17) is 4.74 Å². The topological polar surface area (TPSA) is 63.7 Å². The van der Waals surface area contributed by atoms with Crippen molar-refractivity contribution in [3.05, 3.63) is 29.8 Å². The van der Waals surface area contributed by atoms with Gasteiger partial charge in [0.05, 0.1) is 4.90 Å². The molecule has 0 radical (unpaired) electrons. The number of benzene rings is 1. The molecule has 110 valence electrons. The third-order valence-electron chi connectivity index (χ3n) is 3.45. The molecule has 1 amide bonds. The number of ether oxygens (including phenoxy) is 1. The zero-order valence-corrected chi connectivity index (χ0v) is 12.5. The first-order valence-electron chi connectivity index (χ1n) is 6.63. The molecule has 1 fully saturated rings. The molecule has 0 aromatic heterocycles. The molecule has 1 heterocycles. The minimum absolute atomic E-state index is 0.125. The Morgan fingerprint density at radius 2 is 1.85 bits per heavy atom. The number of amides is 1. The number of sulfonamides is 1. The normalized spacial score (nSPS) is 20.8. The summed E-state index contributed by atoms with van der Waals surface area (Å²) in [5.41, 5.74) is 0.967. The van der Waals surface area contributed by atoms with Gasteiger partial charge in [0.25, 0.3) is 10.0 Å². The minimum Gasteiger partial charge on any atom is -0.360 e. The van der Waals surface area contributed by atoms with Gasteiger partial charge in [-0.25, -0.2) is 12.7 Å². The van der Waals surface area contributed by atoms with Crippen molar-refractivity contribution < 1.29 is 17.9 Å². The highest BCUT2D eigenvalue weighted by Crippen LogP contribution is 2.26. The first-order chi connectivity index (χ1) is 9.46. The molecule has 0 spiro atoms. The fourth-order valence-electron chi connectivity index (χ4n) is 2.31. The molecule has 1 aromatic carbocycles. The Morgan fingerprint density at radius 1 is 1.20 bits per heavy atom. The predicted octanol–water partition coefficient (Wildman–Crippen LogP) is 2.06. The summed E-state index contributed by atoms with van der Waals surface area (Å²) >= 11 is 0. The van der Waals surface area contributed by atoms with Crippen LogP contribution in [0.2, 0.25) is 0 Å². The fourth-order valence-corrected chi connectivity index (χ4v) is 3.88. The van der Waals surface area contributed by atoms with E-state index in [1.54, 1.807) is 12.1 Å². The van der Waals surface area contributed by atoms with Crippen LogP contribution in [0, 0.1) is 6.92 Å². The van der Waals surface area contributed by atoms with Gasteiger partial charge in [0.2, 0.25) is 5.91 Å². The molecule has 2 rings (SSSR count). The number of nitrogens with zero attached hydrogens (tertiary/aromatic N) is 1. The van der Waals surface area contributed by atoms with E-state index in [9.17, 15) is 13.2 Å². The Bertz CT molecular complexity index is 580. The minimum atomic E-state index is -3.85. The second kappa shape index (κ2) is 5.93. The van der Waals surface area contributed by atoms with Crippen molar-refractivity contribution in [1.82, 2.24) is 4.31 Å². The van der Waals surface area contributed by atoms with E-state index in [-0.39, 0.29) is 11.3 Å². The number of methoxy groups -OCH3 is 1. The number of aryl methyl sites for hydroxylation is 1. The van der Waals surface area contributed by atoms with Crippen molar-refractivity contribution in [2.75, 3.05) is 7.11 Å². The van der Waals surface area contributed by atoms with Crippen LogP contribution in [0.1, 0.15) is 31.2 Å². The summed E-state index contributed by atoms with van der Waals surface area (Å²) in [6.45, 7) is 1.88. The van der Waals surface area contributed by atoms with Gasteiger partial charge in [-0.3, -0.25) is 4.79 Å². The van der Waals surface area contributed by atoms with E-state index >= 15 is 0 Å². The average molecular weight is 297 g/mol. The Morgan fingerprint density at radius 3 is 2.45 bits per heavy atom. The van der Waals surface area contributed by atoms with E-state index in [0.717, 1.165) is 16.3 Å². The summed E-state index contributed by atoms with van der Waals surface area (Å²) in [5, 5.41) is 0. The second-order valence-electron chi connectivity index (χ2n) is 4.94. The Labute approximate surface area is 119 Å². The van der Waals surface area contributed by atoms with Crippen molar-refractivity contribution >= 4 is 15.9 Å². The molecule has 1 aliphatic rings.